The van der Waals surface area contributed by atoms with Gasteiger partial charge in [0.2, 0.25) is 0 Å². The standard InChI is InChI=1S/C16H11Cl2NO4/c17-11-3-1-9(5-12(11)18)7-19-13-4-2-10(16(21)22)6-14(13)23-8-15(19)20/h1-6H,7-8H2,(H,21,22). The second kappa shape index (κ2) is 6.10. The highest BCUT2D eigenvalue weighted by atomic mass is 35.5. The van der Waals surface area contributed by atoms with Gasteiger partial charge in [0.15, 0.2) is 6.61 Å². The molecule has 1 heterocycles. The van der Waals surface area contributed by atoms with Gasteiger partial charge in [-0.15, -0.1) is 0 Å². The highest BCUT2D eigenvalue weighted by Crippen LogP contribution is 2.34. The highest BCUT2D eigenvalue weighted by Gasteiger charge is 2.26. The molecule has 23 heavy (non-hydrogen) atoms. The van der Waals surface area contributed by atoms with Crippen molar-refractivity contribution in [2.45, 2.75) is 6.54 Å². The van der Waals surface area contributed by atoms with Crippen molar-refractivity contribution in [3.05, 3.63) is 57.6 Å². The van der Waals surface area contributed by atoms with Gasteiger partial charge >= 0.3 is 5.97 Å². The van der Waals surface area contributed by atoms with Gasteiger partial charge in [0.05, 0.1) is 27.8 Å². The maximum Gasteiger partial charge on any atom is 0.335 e. The second-order valence-electron chi connectivity index (χ2n) is 5.00. The molecule has 1 aliphatic heterocycles. The molecule has 2 aromatic rings. The first-order chi connectivity index (χ1) is 11.0. The molecule has 0 spiro atoms. The average molecular weight is 352 g/mol. The summed E-state index contributed by atoms with van der Waals surface area (Å²) in [5.41, 5.74) is 1.44. The van der Waals surface area contributed by atoms with Crippen molar-refractivity contribution < 1.29 is 19.4 Å². The Morgan fingerprint density at radius 3 is 2.65 bits per heavy atom. The molecule has 7 heteroatoms. The van der Waals surface area contributed by atoms with Gasteiger partial charge in [-0.2, -0.15) is 0 Å². The minimum absolute atomic E-state index is 0.104. The van der Waals surface area contributed by atoms with Gasteiger partial charge in [-0.25, -0.2) is 4.79 Å². The number of carboxylic acids is 1. The Hall–Kier alpha value is -2.24. The molecule has 2 aromatic carbocycles. The zero-order valence-electron chi connectivity index (χ0n) is 11.8. The van der Waals surface area contributed by atoms with Crippen LogP contribution in [0.2, 0.25) is 10.0 Å². The fraction of sp³-hybridized carbons (Fsp3) is 0.125. The van der Waals surface area contributed by atoms with Crippen molar-refractivity contribution in [1.82, 2.24) is 0 Å². The van der Waals surface area contributed by atoms with Gasteiger partial charge < -0.3 is 14.7 Å². The van der Waals surface area contributed by atoms with Crippen molar-refractivity contribution in [2.75, 3.05) is 11.5 Å². The first-order valence-corrected chi connectivity index (χ1v) is 7.46. The lowest BCUT2D eigenvalue weighted by molar-refractivity contribution is -0.121. The van der Waals surface area contributed by atoms with E-state index in [-0.39, 0.29) is 18.1 Å². The zero-order valence-corrected chi connectivity index (χ0v) is 13.3. The van der Waals surface area contributed by atoms with E-state index in [9.17, 15) is 9.59 Å². The van der Waals surface area contributed by atoms with Crippen molar-refractivity contribution in [1.29, 1.82) is 0 Å². The number of carbonyl (C=O) groups is 2. The SMILES string of the molecule is O=C(O)c1ccc2c(c1)OCC(=O)N2Cc1ccc(Cl)c(Cl)c1. The minimum Gasteiger partial charge on any atom is -0.482 e. The number of benzene rings is 2. The molecule has 0 bridgehead atoms. The number of hydrogen-bond donors (Lipinski definition) is 1. The molecular formula is C16H11Cl2NO4. The lowest BCUT2D eigenvalue weighted by Crippen LogP contribution is -2.38. The Labute approximate surface area is 142 Å². The van der Waals surface area contributed by atoms with Crippen molar-refractivity contribution in [2.24, 2.45) is 0 Å². The first kappa shape index (κ1) is 15.6. The van der Waals surface area contributed by atoms with Crippen LogP contribution < -0.4 is 9.64 Å². The van der Waals surface area contributed by atoms with E-state index in [4.69, 9.17) is 33.0 Å². The van der Waals surface area contributed by atoms with E-state index in [2.05, 4.69) is 0 Å². The third-order valence-corrected chi connectivity index (χ3v) is 4.21. The number of nitrogens with zero attached hydrogens (tertiary/aromatic N) is 1. The van der Waals surface area contributed by atoms with Crippen LogP contribution in [-0.4, -0.2) is 23.6 Å². The quantitative estimate of drug-likeness (QED) is 0.916. The summed E-state index contributed by atoms with van der Waals surface area (Å²) in [4.78, 5) is 24.7. The molecule has 5 nitrogen and oxygen atoms in total. The summed E-state index contributed by atoms with van der Waals surface area (Å²) >= 11 is 11.9. The Kier molecular flexibility index (Phi) is 4.15. The van der Waals surface area contributed by atoms with Gasteiger partial charge in [0, 0.05) is 0 Å². The topological polar surface area (TPSA) is 66.8 Å². The third-order valence-electron chi connectivity index (χ3n) is 3.47. The number of halogens is 2. The zero-order chi connectivity index (χ0) is 16.6. The summed E-state index contributed by atoms with van der Waals surface area (Å²) in [6.45, 7) is 0.149. The van der Waals surface area contributed by atoms with Crippen LogP contribution in [0.3, 0.4) is 0 Å². The van der Waals surface area contributed by atoms with Crippen molar-refractivity contribution >= 4 is 40.8 Å². The normalized spacial score (nSPS) is 13.5. The van der Waals surface area contributed by atoms with Gasteiger partial charge in [-0.1, -0.05) is 29.3 Å². The lowest BCUT2D eigenvalue weighted by Gasteiger charge is -2.29. The molecule has 0 atom stereocenters. The number of aromatic carboxylic acids is 1. The van der Waals surface area contributed by atoms with Crippen LogP contribution in [0.1, 0.15) is 15.9 Å². The van der Waals surface area contributed by atoms with Gasteiger partial charge in [-0.3, -0.25) is 4.79 Å². The maximum absolute atomic E-state index is 12.2. The molecule has 0 fully saturated rings. The van der Waals surface area contributed by atoms with Crippen LogP contribution in [0.25, 0.3) is 0 Å². The van der Waals surface area contributed by atoms with Crippen LogP contribution in [0.15, 0.2) is 36.4 Å². The number of rotatable bonds is 3. The number of carbonyl (C=O) groups excluding carboxylic acids is 1. The van der Waals surface area contributed by atoms with E-state index >= 15 is 0 Å². The molecule has 0 saturated carbocycles. The lowest BCUT2D eigenvalue weighted by atomic mass is 10.1. The molecule has 1 amide bonds. The summed E-state index contributed by atoms with van der Waals surface area (Å²) in [5, 5.41) is 9.88. The average Bonchev–Trinajstić information content (AvgIpc) is 2.53. The summed E-state index contributed by atoms with van der Waals surface area (Å²) in [5.74, 6) is -0.902. The fourth-order valence-electron chi connectivity index (χ4n) is 2.33. The fourth-order valence-corrected chi connectivity index (χ4v) is 2.65. The van der Waals surface area contributed by atoms with Crippen molar-refractivity contribution in [3.8, 4) is 5.75 Å². The predicted octanol–water partition coefficient (Wildman–Crippen LogP) is 3.62. The number of anilines is 1. The number of ether oxygens (including phenoxy) is 1. The molecule has 0 radical (unpaired) electrons. The number of carboxylic acid groups (broad SMARTS) is 1. The van der Waals surface area contributed by atoms with E-state index in [0.717, 1.165) is 5.56 Å². The molecule has 118 valence electrons. The monoisotopic (exact) mass is 351 g/mol. The predicted molar refractivity (Wildman–Crippen MR) is 86.5 cm³/mol. The van der Waals surface area contributed by atoms with Crippen LogP contribution in [-0.2, 0) is 11.3 Å². The molecule has 1 aliphatic rings. The largest absolute Gasteiger partial charge is 0.482 e. The van der Waals surface area contributed by atoms with E-state index in [1.807, 2.05) is 0 Å². The Bertz CT molecular complexity index is 807. The van der Waals surface area contributed by atoms with Crippen LogP contribution in [0.4, 0.5) is 5.69 Å². The molecular weight excluding hydrogens is 341 g/mol. The smallest absolute Gasteiger partial charge is 0.335 e. The van der Waals surface area contributed by atoms with Crippen LogP contribution >= 0.6 is 23.2 Å². The Morgan fingerprint density at radius 1 is 1.17 bits per heavy atom. The van der Waals surface area contributed by atoms with Gasteiger partial charge in [0.1, 0.15) is 5.75 Å². The summed E-state index contributed by atoms with van der Waals surface area (Å²) in [6.07, 6.45) is 0. The van der Waals surface area contributed by atoms with Gasteiger partial charge in [0.25, 0.3) is 5.91 Å². The summed E-state index contributed by atoms with van der Waals surface area (Å²) in [7, 11) is 0. The molecule has 3 rings (SSSR count). The van der Waals surface area contributed by atoms with Crippen LogP contribution in [0, 0.1) is 0 Å². The molecule has 1 N–H and O–H groups in total. The second-order valence-corrected chi connectivity index (χ2v) is 5.82. The van der Waals surface area contributed by atoms with E-state index in [0.29, 0.717) is 28.0 Å². The third kappa shape index (κ3) is 3.11. The van der Waals surface area contributed by atoms with Gasteiger partial charge in [-0.05, 0) is 35.9 Å². The van der Waals surface area contributed by atoms with Crippen LogP contribution in [0.5, 0.6) is 5.75 Å². The summed E-state index contributed by atoms with van der Waals surface area (Å²) < 4.78 is 5.34. The van der Waals surface area contributed by atoms with Crippen molar-refractivity contribution in [3.63, 3.8) is 0 Å². The number of amides is 1. The summed E-state index contributed by atoms with van der Waals surface area (Å²) in [6, 6.07) is 9.54. The highest BCUT2D eigenvalue weighted by molar-refractivity contribution is 6.42. The molecule has 0 unspecified atom stereocenters. The van der Waals surface area contributed by atoms with E-state index < -0.39 is 5.97 Å². The first-order valence-electron chi connectivity index (χ1n) is 6.70. The van der Waals surface area contributed by atoms with E-state index in [1.165, 1.54) is 17.0 Å². The van der Waals surface area contributed by atoms with E-state index in [1.54, 1.807) is 24.3 Å². The molecule has 0 aliphatic carbocycles. The molecule has 0 saturated heterocycles. The maximum atomic E-state index is 12.2. The molecule has 0 aromatic heterocycles. The Morgan fingerprint density at radius 2 is 1.96 bits per heavy atom. The number of fused-ring (bicyclic) bond motifs is 1. The minimum atomic E-state index is -1.05. The number of hydrogen-bond acceptors (Lipinski definition) is 3. The Balaban J connectivity index is 1.95.